The molecule has 1 aromatic heterocycles. The molecule has 4 unspecified atom stereocenters. The second kappa shape index (κ2) is 6.45. The molecule has 3 N–H and O–H groups in total. The smallest absolute Gasteiger partial charge is 0.353 e. The van der Waals surface area contributed by atoms with Gasteiger partial charge in [-0.2, -0.15) is 13.2 Å². The number of thioether (sulfide) groups is 1. The largest absolute Gasteiger partial charge is 0.453 e. The monoisotopic (exact) mass is 363 g/mol. The van der Waals surface area contributed by atoms with E-state index in [2.05, 4.69) is 15.5 Å². The van der Waals surface area contributed by atoms with Gasteiger partial charge < -0.3 is 11.2 Å². The predicted octanol–water partition coefficient (Wildman–Crippen LogP) is 2.04. The van der Waals surface area contributed by atoms with E-state index >= 15 is 0 Å². The van der Waals surface area contributed by atoms with Crippen molar-refractivity contribution >= 4 is 17.7 Å². The molecule has 24 heavy (non-hydrogen) atoms. The van der Waals surface area contributed by atoms with Crippen LogP contribution in [0.1, 0.15) is 38.4 Å². The zero-order valence-corrected chi connectivity index (χ0v) is 14.0. The van der Waals surface area contributed by atoms with Gasteiger partial charge in [-0.15, -0.1) is 10.2 Å². The third kappa shape index (κ3) is 3.47. The van der Waals surface area contributed by atoms with Crippen LogP contribution in [0, 0.1) is 17.8 Å². The molecule has 3 rings (SSSR count). The molecule has 0 spiro atoms. The lowest BCUT2D eigenvalue weighted by Crippen LogP contribution is -2.41. The number of nitrogens with one attached hydrogen (secondary N) is 1. The molecule has 0 saturated heterocycles. The number of nitrogens with two attached hydrogens (primary N) is 1. The van der Waals surface area contributed by atoms with Gasteiger partial charge in [0.25, 0.3) is 5.82 Å². The number of aromatic nitrogens is 3. The highest BCUT2D eigenvalue weighted by Gasteiger charge is 2.42. The minimum Gasteiger partial charge on any atom is -0.353 e. The molecule has 2 aliphatic carbocycles. The molecule has 4 atom stereocenters. The first-order chi connectivity index (χ1) is 11.3. The van der Waals surface area contributed by atoms with E-state index in [9.17, 15) is 18.0 Å². The van der Waals surface area contributed by atoms with Crippen molar-refractivity contribution in [2.24, 2.45) is 17.8 Å². The average molecular weight is 363 g/mol. The van der Waals surface area contributed by atoms with Crippen LogP contribution in [0.4, 0.5) is 13.2 Å². The van der Waals surface area contributed by atoms with E-state index in [0.29, 0.717) is 16.5 Å². The van der Waals surface area contributed by atoms with Gasteiger partial charge in [0.2, 0.25) is 11.1 Å². The summed E-state index contributed by atoms with van der Waals surface area (Å²) in [6.45, 7) is 2.00. The Labute approximate surface area is 141 Å². The van der Waals surface area contributed by atoms with Crippen molar-refractivity contribution in [3.63, 3.8) is 0 Å². The van der Waals surface area contributed by atoms with Gasteiger partial charge in [0.15, 0.2) is 0 Å². The van der Waals surface area contributed by atoms with E-state index < -0.39 is 12.0 Å². The Morgan fingerprint density at radius 1 is 1.42 bits per heavy atom. The highest BCUT2D eigenvalue weighted by molar-refractivity contribution is 7.99. The number of fused-ring (bicyclic) bond motifs is 2. The maximum Gasteiger partial charge on any atom is 0.453 e. The van der Waals surface area contributed by atoms with E-state index in [-0.39, 0.29) is 22.9 Å². The van der Waals surface area contributed by atoms with Crippen molar-refractivity contribution in [2.45, 2.75) is 50.0 Å². The fourth-order valence-electron chi connectivity index (χ4n) is 4.01. The number of halogens is 3. The van der Waals surface area contributed by atoms with Crippen LogP contribution in [0.15, 0.2) is 5.16 Å². The summed E-state index contributed by atoms with van der Waals surface area (Å²) in [5, 5.41) is 9.24. The Bertz CT molecular complexity index is 620. The molecule has 2 aliphatic rings. The van der Waals surface area contributed by atoms with Gasteiger partial charge in [-0.05, 0) is 43.9 Å². The molecule has 2 bridgehead atoms. The number of nitrogens with zero attached hydrogens (tertiary/aromatic N) is 3. The Morgan fingerprint density at radius 2 is 2.17 bits per heavy atom. The summed E-state index contributed by atoms with van der Waals surface area (Å²) in [6, 6.07) is 0.0786. The highest BCUT2D eigenvalue weighted by atomic mass is 32.2. The van der Waals surface area contributed by atoms with Crippen LogP contribution in [0.3, 0.4) is 0 Å². The second-order valence-electron chi connectivity index (χ2n) is 6.66. The molecule has 0 radical (unpaired) electrons. The average Bonchev–Trinajstić information content (AvgIpc) is 3.19. The third-order valence-electron chi connectivity index (χ3n) is 5.07. The van der Waals surface area contributed by atoms with E-state index in [1.54, 1.807) is 0 Å². The Balaban J connectivity index is 1.50. The van der Waals surface area contributed by atoms with Crippen LogP contribution in [0.2, 0.25) is 0 Å². The molecule has 1 heterocycles. The third-order valence-corrected chi connectivity index (χ3v) is 6.02. The lowest BCUT2D eigenvalue weighted by Gasteiger charge is -2.28. The molecule has 0 aromatic carbocycles. The van der Waals surface area contributed by atoms with Crippen LogP contribution in [-0.4, -0.2) is 32.6 Å². The first kappa shape index (κ1) is 17.4. The molecule has 1 aromatic rings. The summed E-state index contributed by atoms with van der Waals surface area (Å²) in [7, 11) is 0. The fourth-order valence-corrected chi connectivity index (χ4v) is 4.68. The first-order valence-corrected chi connectivity index (χ1v) is 8.94. The predicted molar refractivity (Wildman–Crippen MR) is 82.4 cm³/mol. The van der Waals surface area contributed by atoms with Crippen LogP contribution < -0.4 is 11.2 Å². The van der Waals surface area contributed by atoms with Crippen molar-refractivity contribution < 1.29 is 18.0 Å². The van der Waals surface area contributed by atoms with E-state index in [4.69, 9.17) is 5.84 Å². The van der Waals surface area contributed by atoms with Crippen molar-refractivity contribution in [3.8, 4) is 0 Å². The summed E-state index contributed by atoms with van der Waals surface area (Å²) in [6.07, 6.45) is 0.284. The number of hydrogen-bond acceptors (Lipinski definition) is 5. The summed E-state index contributed by atoms with van der Waals surface area (Å²) in [5.74, 6) is 5.78. The van der Waals surface area contributed by atoms with Crippen LogP contribution in [0.5, 0.6) is 0 Å². The Morgan fingerprint density at radius 3 is 2.71 bits per heavy atom. The molecule has 10 heteroatoms. The summed E-state index contributed by atoms with van der Waals surface area (Å²) < 4.78 is 38.1. The number of amides is 1. The van der Waals surface area contributed by atoms with Crippen molar-refractivity contribution in [1.29, 1.82) is 0 Å². The lowest BCUT2D eigenvalue weighted by molar-refractivity contribution is -0.146. The molecule has 0 aliphatic heterocycles. The molecule has 1 amide bonds. The normalized spacial score (nSPS) is 27.4. The highest BCUT2D eigenvalue weighted by Crippen LogP contribution is 2.49. The maximum absolute atomic E-state index is 12.6. The number of rotatable bonds is 5. The lowest BCUT2D eigenvalue weighted by atomic mass is 9.84. The number of carbonyl (C=O) groups is 1. The minimum atomic E-state index is -4.67. The van der Waals surface area contributed by atoms with Crippen LogP contribution in [0.25, 0.3) is 0 Å². The van der Waals surface area contributed by atoms with Gasteiger partial charge in [-0.3, -0.25) is 4.79 Å². The van der Waals surface area contributed by atoms with Gasteiger partial charge in [0, 0.05) is 6.04 Å². The zero-order valence-electron chi connectivity index (χ0n) is 13.2. The van der Waals surface area contributed by atoms with Crippen molar-refractivity contribution in [2.75, 3.05) is 11.6 Å². The maximum atomic E-state index is 12.6. The van der Waals surface area contributed by atoms with Crippen molar-refractivity contribution in [3.05, 3.63) is 5.82 Å². The van der Waals surface area contributed by atoms with Gasteiger partial charge in [0.1, 0.15) is 0 Å². The van der Waals surface area contributed by atoms with Gasteiger partial charge in [-0.1, -0.05) is 18.2 Å². The summed E-state index contributed by atoms with van der Waals surface area (Å²) in [5.41, 5.74) is 0. The van der Waals surface area contributed by atoms with Gasteiger partial charge >= 0.3 is 6.18 Å². The fraction of sp³-hybridized carbons (Fsp3) is 0.786. The zero-order chi connectivity index (χ0) is 17.5. The Hall–Kier alpha value is -1.45. The van der Waals surface area contributed by atoms with E-state index in [0.717, 1.165) is 24.1 Å². The molecular formula is C14H20F3N5OS. The SMILES string of the molecule is CC(NC(=O)CSc1nnc(C(F)(F)F)n1N)C1CC2CCC1C2. The van der Waals surface area contributed by atoms with E-state index in [1.165, 1.54) is 19.3 Å². The van der Waals surface area contributed by atoms with Crippen molar-refractivity contribution in [1.82, 2.24) is 20.2 Å². The molecule has 134 valence electrons. The summed E-state index contributed by atoms with van der Waals surface area (Å²) >= 11 is 0.844. The molecule has 2 fully saturated rings. The topological polar surface area (TPSA) is 85.8 Å². The molecule has 2 saturated carbocycles. The minimum absolute atomic E-state index is 0.0433. The number of hydrogen-bond donors (Lipinski definition) is 2. The second-order valence-corrected chi connectivity index (χ2v) is 7.60. The Kier molecular flexibility index (Phi) is 4.67. The van der Waals surface area contributed by atoms with Gasteiger partial charge in [-0.25, -0.2) is 4.68 Å². The van der Waals surface area contributed by atoms with Crippen LogP contribution in [-0.2, 0) is 11.0 Å². The van der Waals surface area contributed by atoms with Gasteiger partial charge in [0.05, 0.1) is 5.75 Å². The summed E-state index contributed by atoms with van der Waals surface area (Å²) in [4.78, 5) is 12.1. The molecule has 6 nitrogen and oxygen atoms in total. The standard InChI is InChI=1S/C14H20F3N5OS/c1-7(10-5-8-2-3-9(10)4-8)19-11(23)6-24-13-21-20-12(22(13)18)14(15,16)17/h7-10H,2-6,18H2,1H3,(H,19,23). The first-order valence-electron chi connectivity index (χ1n) is 7.95. The number of carbonyl (C=O) groups excluding carboxylic acids is 1. The number of nitrogen functional groups attached to an aromatic ring is 1. The quantitative estimate of drug-likeness (QED) is 0.618. The van der Waals surface area contributed by atoms with E-state index in [1.807, 2.05) is 6.92 Å². The molecular weight excluding hydrogens is 343 g/mol. The number of alkyl halides is 3. The van der Waals surface area contributed by atoms with Crippen LogP contribution >= 0.6 is 11.8 Å².